The Kier molecular flexibility index (Phi) is 12.9. The monoisotopic (exact) mass is 559 g/mol. The molecule has 11 heteroatoms. The van der Waals surface area contributed by atoms with Crippen molar-refractivity contribution >= 4 is 75.0 Å². The summed E-state index contributed by atoms with van der Waals surface area (Å²) in [4.78, 5) is 7.56. The summed E-state index contributed by atoms with van der Waals surface area (Å²) in [5, 5.41) is 4.24. The van der Waals surface area contributed by atoms with E-state index in [1.165, 1.54) is 22.7 Å². The Balaban J connectivity index is 0.000000284. The zero-order valence-electron chi connectivity index (χ0n) is 9.11. The van der Waals surface area contributed by atoms with E-state index in [1.54, 1.807) is 10.8 Å². The predicted molar refractivity (Wildman–Crippen MR) is 83.0 cm³/mol. The summed E-state index contributed by atoms with van der Waals surface area (Å²) in [5.74, 6) is 0.824. The average molecular weight is 561 g/mol. The van der Waals surface area contributed by atoms with E-state index in [-0.39, 0.29) is 0 Å². The second-order valence-electron chi connectivity index (χ2n) is 2.60. The van der Waals surface area contributed by atoms with E-state index in [0.717, 1.165) is 11.4 Å². The van der Waals surface area contributed by atoms with Gasteiger partial charge in [0.1, 0.15) is 0 Å². The summed E-state index contributed by atoms with van der Waals surface area (Å²) in [6, 6.07) is 0. The molecule has 0 spiro atoms. The van der Waals surface area contributed by atoms with Gasteiger partial charge in [-0.15, -0.1) is 23.2 Å². The second kappa shape index (κ2) is 12.4. The van der Waals surface area contributed by atoms with Gasteiger partial charge in [-0.25, -0.2) is 0 Å². The molecule has 0 fully saturated rings. The van der Waals surface area contributed by atoms with Crippen LogP contribution < -0.4 is 0 Å². The third-order valence-electron chi connectivity index (χ3n) is 1.38. The SMILES string of the molecule is [Cl][Pt+2][Cl].[NH-]c1nc(CCl)cs1.[NH-]c1nc(CCl)cs1. The molecule has 2 aromatic heterocycles. The molecule has 2 N–H and O–H groups in total. The third kappa shape index (κ3) is 10.1. The standard InChI is InChI=1S/2C4H4ClN2S.2ClH.Pt/c2*5-1-3-2-8-4(6)7-3;;;/h2*2H,1H2,(H-,6,7);2*1H;/q2*-1;;;+4/p-2. The quantitative estimate of drug-likeness (QED) is 0.393. The van der Waals surface area contributed by atoms with Crippen LogP contribution in [0.2, 0.25) is 0 Å². The summed E-state index contributed by atoms with van der Waals surface area (Å²) in [7, 11) is 9.75. The van der Waals surface area contributed by atoms with Crippen molar-refractivity contribution in [1.29, 1.82) is 0 Å². The molecular weight excluding hydrogens is 553 g/mol. The number of hydrogen-bond acceptors (Lipinski definition) is 4. The molecule has 0 bridgehead atoms. The number of aromatic nitrogens is 2. The molecule has 2 rings (SSSR count). The van der Waals surface area contributed by atoms with Gasteiger partial charge in [-0.1, -0.05) is 0 Å². The van der Waals surface area contributed by atoms with Crippen molar-refractivity contribution in [3.63, 3.8) is 0 Å². The van der Waals surface area contributed by atoms with Gasteiger partial charge in [0.15, 0.2) is 0 Å². The van der Waals surface area contributed by atoms with Crippen LogP contribution in [0, 0.1) is 0 Å². The number of nitrogens with zero attached hydrogens (tertiary/aromatic N) is 2. The van der Waals surface area contributed by atoms with Gasteiger partial charge in [0.05, 0.1) is 0 Å². The van der Waals surface area contributed by atoms with Gasteiger partial charge in [0, 0.05) is 11.8 Å². The van der Waals surface area contributed by atoms with Gasteiger partial charge >= 0.3 is 35.3 Å². The van der Waals surface area contributed by atoms with Gasteiger partial charge in [0.25, 0.3) is 0 Å². The maximum atomic E-state index is 6.97. The fourth-order valence-corrected chi connectivity index (χ4v) is 2.30. The van der Waals surface area contributed by atoms with E-state index in [0.29, 0.717) is 22.0 Å². The summed E-state index contributed by atoms with van der Waals surface area (Å²) in [6.07, 6.45) is 0. The van der Waals surface area contributed by atoms with Crippen molar-refractivity contribution in [3.8, 4) is 0 Å². The molecule has 0 unspecified atom stereocenters. The molecule has 0 aliphatic heterocycles. The molecule has 2 aromatic rings. The summed E-state index contributed by atoms with van der Waals surface area (Å²) in [5.41, 5.74) is 15.5. The Morgan fingerprint density at radius 1 is 0.947 bits per heavy atom. The first-order valence-corrected chi connectivity index (χ1v) is 12.8. The summed E-state index contributed by atoms with van der Waals surface area (Å²) < 4.78 is 0. The van der Waals surface area contributed by atoms with Crippen LogP contribution in [0.5, 0.6) is 0 Å². The molecule has 0 aromatic carbocycles. The van der Waals surface area contributed by atoms with Crippen molar-refractivity contribution in [2.45, 2.75) is 11.8 Å². The number of halogens is 4. The third-order valence-corrected chi connectivity index (χ3v) is 3.33. The van der Waals surface area contributed by atoms with Gasteiger partial charge in [-0.05, 0) is 32.4 Å². The zero-order valence-corrected chi connectivity index (χ0v) is 16.0. The fourth-order valence-electron chi connectivity index (χ4n) is 0.737. The number of hydrogen-bond donors (Lipinski definition) is 0. The minimum atomic E-state index is -0.472. The first-order chi connectivity index (χ1) is 9.07. The van der Waals surface area contributed by atoms with Crippen molar-refractivity contribution in [1.82, 2.24) is 9.97 Å². The summed E-state index contributed by atoms with van der Waals surface area (Å²) >= 11 is 12.9. The van der Waals surface area contributed by atoms with Crippen LogP contribution in [0.3, 0.4) is 0 Å². The summed E-state index contributed by atoms with van der Waals surface area (Å²) in [6.45, 7) is 0. The second-order valence-corrected chi connectivity index (χ2v) is 8.13. The Morgan fingerprint density at radius 3 is 1.37 bits per heavy atom. The van der Waals surface area contributed by atoms with E-state index >= 15 is 0 Å². The zero-order chi connectivity index (χ0) is 14.7. The van der Waals surface area contributed by atoms with Gasteiger partial charge in [0.2, 0.25) is 0 Å². The molecule has 0 aliphatic carbocycles. The topological polar surface area (TPSA) is 73.4 Å². The normalized spacial score (nSPS) is 9.26. The molecule has 0 saturated heterocycles. The number of alkyl halides is 2. The van der Waals surface area contributed by atoms with Gasteiger partial charge in [-0.3, -0.25) is 0 Å². The molecule has 0 atom stereocenters. The van der Waals surface area contributed by atoms with Crippen molar-refractivity contribution in [2.24, 2.45) is 0 Å². The van der Waals surface area contributed by atoms with Crippen LogP contribution >= 0.6 is 64.7 Å². The van der Waals surface area contributed by atoms with Crippen LogP contribution in [-0.4, -0.2) is 9.97 Å². The number of nitrogens with one attached hydrogen (secondary N) is 2. The van der Waals surface area contributed by atoms with Gasteiger partial charge in [-0.2, -0.15) is 22.7 Å². The van der Waals surface area contributed by atoms with E-state index in [2.05, 4.69) is 9.97 Å². The largest absolute Gasteiger partial charge is 0.473 e. The molecule has 4 nitrogen and oxygen atoms in total. The molecule has 19 heavy (non-hydrogen) atoms. The number of thiazole rings is 2. The van der Waals surface area contributed by atoms with Gasteiger partial charge < -0.3 is 21.4 Å². The molecule has 0 saturated carbocycles. The molecule has 2 heterocycles. The maximum absolute atomic E-state index is 6.97. The Bertz CT molecular complexity index is 413. The first-order valence-electron chi connectivity index (χ1n) is 4.33. The minimum Gasteiger partial charge on any atom is -0.473 e. The molecule has 0 aliphatic rings. The van der Waals surface area contributed by atoms with Crippen LogP contribution in [0.25, 0.3) is 11.5 Å². The van der Waals surface area contributed by atoms with E-state index < -0.39 is 16.5 Å². The van der Waals surface area contributed by atoms with E-state index in [4.69, 9.17) is 53.5 Å². The van der Waals surface area contributed by atoms with Crippen LogP contribution in [0.15, 0.2) is 10.8 Å². The molecule has 0 radical (unpaired) electrons. The molecule has 0 amide bonds. The predicted octanol–water partition coefficient (Wildman–Crippen LogP) is 6.51. The molecule has 110 valence electrons. The van der Waals surface area contributed by atoms with Crippen LogP contribution in [-0.2, 0) is 28.2 Å². The average Bonchev–Trinajstić information content (AvgIpc) is 2.99. The van der Waals surface area contributed by atoms with Crippen LogP contribution in [0.1, 0.15) is 11.4 Å². The van der Waals surface area contributed by atoms with Crippen molar-refractivity contribution < 1.29 is 16.5 Å². The van der Waals surface area contributed by atoms with Crippen molar-refractivity contribution in [2.75, 3.05) is 0 Å². The fraction of sp³-hybridized carbons (Fsp3) is 0.250. The maximum Gasteiger partial charge on any atom is 0.0444 e. The Labute approximate surface area is 145 Å². The van der Waals surface area contributed by atoms with Crippen molar-refractivity contribution in [3.05, 3.63) is 33.6 Å². The first kappa shape index (κ1) is 19.7. The van der Waals surface area contributed by atoms with E-state index in [1.807, 2.05) is 0 Å². The van der Waals surface area contributed by atoms with Crippen LogP contribution in [0.4, 0.5) is 10.3 Å². The minimum absolute atomic E-state index is 0.334. The Hall–Kier alpha value is 0.708. The Morgan fingerprint density at radius 2 is 1.26 bits per heavy atom. The number of rotatable bonds is 2. The van der Waals surface area contributed by atoms with E-state index in [9.17, 15) is 0 Å². The smallest absolute Gasteiger partial charge is 0.0444 e. The molecular formula is C8H8Cl4N4PtS2.